The Morgan fingerprint density at radius 1 is 0.677 bits per heavy atom. The lowest BCUT2D eigenvalue weighted by Crippen LogP contribution is -2.13. The van der Waals surface area contributed by atoms with E-state index in [0.717, 1.165) is 16.7 Å². The number of halogens is 1. The van der Waals surface area contributed by atoms with Crippen molar-refractivity contribution < 1.29 is 23.7 Å². The van der Waals surface area contributed by atoms with Crippen LogP contribution in [0.3, 0.4) is 0 Å². The van der Waals surface area contributed by atoms with Gasteiger partial charge < -0.3 is 18.9 Å². The first-order chi connectivity index (χ1) is 15.0. The zero-order chi connectivity index (χ0) is 22.1. The lowest BCUT2D eigenvalue weighted by Gasteiger charge is -2.23. The smallest absolute Gasteiger partial charge is 0.171 e. The largest absolute Gasteiger partial charge is 0.497 e. The van der Waals surface area contributed by atoms with Crippen LogP contribution in [0.2, 0.25) is 5.02 Å². The quantitative estimate of drug-likeness (QED) is 0.509. The lowest BCUT2D eigenvalue weighted by molar-refractivity contribution is 0.0968. The summed E-state index contributed by atoms with van der Waals surface area (Å²) in [5.74, 6) is 1.73. The van der Waals surface area contributed by atoms with Crippen molar-refractivity contribution in [3.8, 4) is 23.0 Å². The van der Waals surface area contributed by atoms with Gasteiger partial charge in [0.25, 0.3) is 0 Å². The normalized spacial score (nSPS) is 17.3. The van der Waals surface area contributed by atoms with Crippen LogP contribution >= 0.6 is 11.6 Å². The van der Waals surface area contributed by atoms with Gasteiger partial charge >= 0.3 is 0 Å². The van der Waals surface area contributed by atoms with Crippen molar-refractivity contribution in [2.24, 2.45) is 0 Å². The van der Waals surface area contributed by atoms with Crippen LogP contribution in [0.5, 0.6) is 23.0 Å². The second kappa shape index (κ2) is 8.52. The van der Waals surface area contributed by atoms with Gasteiger partial charge in [0, 0.05) is 34.2 Å². The maximum atomic E-state index is 13.7. The molecule has 3 aromatic carbocycles. The molecule has 0 amide bonds. The number of hydrogen-bond donors (Lipinski definition) is 0. The summed E-state index contributed by atoms with van der Waals surface area (Å²) in [5, 5.41) is 0.616. The molecule has 0 N–H and O–H groups in total. The molecule has 0 saturated heterocycles. The van der Waals surface area contributed by atoms with E-state index in [4.69, 9.17) is 30.5 Å². The Morgan fingerprint density at radius 2 is 1.26 bits per heavy atom. The minimum Gasteiger partial charge on any atom is -0.497 e. The predicted octanol–water partition coefficient (Wildman–Crippen LogP) is 5.49. The molecule has 0 aromatic heterocycles. The van der Waals surface area contributed by atoms with Crippen LogP contribution < -0.4 is 18.9 Å². The molecule has 0 unspecified atom stereocenters. The number of ketones is 1. The number of carbonyl (C=O) groups excluding carboxylic acids is 1. The van der Waals surface area contributed by atoms with Gasteiger partial charge in [-0.1, -0.05) is 23.7 Å². The maximum Gasteiger partial charge on any atom is 0.171 e. The first-order valence-corrected chi connectivity index (χ1v) is 10.2. The fourth-order valence-electron chi connectivity index (χ4n) is 4.28. The van der Waals surface area contributed by atoms with Crippen LogP contribution in [0.15, 0.2) is 54.6 Å². The molecule has 0 saturated carbocycles. The van der Waals surface area contributed by atoms with Crippen LogP contribution in [-0.4, -0.2) is 34.2 Å². The van der Waals surface area contributed by atoms with E-state index in [1.807, 2.05) is 30.3 Å². The molecular weight excluding hydrogens is 416 g/mol. The van der Waals surface area contributed by atoms with E-state index >= 15 is 0 Å². The van der Waals surface area contributed by atoms with Gasteiger partial charge in [-0.2, -0.15) is 0 Å². The SMILES string of the molecule is COc1cc(OC)cc([C@H]2c3c(OC)cc(OC)cc3C(=O)[C@@H]2c2ccc(Cl)cc2)c1. The van der Waals surface area contributed by atoms with Crippen molar-refractivity contribution >= 4 is 17.4 Å². The Kier molecular flexibility index (Phi) is 5.79. The predicted molar refractivity (Wildman–Crippen MR) is 119 cm³/mol. The second-order valence-corrected chi connectivity index (χ2v) is 7.74. The van der Waals surface area contributed by atoms with E-state index in [1.165, 1.54) is 0 Å². The van der Waals surface area contributed by atoms with Crippen molar-refractivity contribution in [3.05, 3.63) is 81.9 Å². The molecule has 0 bridgehead atoms. The average Bonchev–Trinajstić information content (AvgIpc) is 3.10. The zero-order valence-electron chi connectivity index (χ0n) is 17.8. The molecule has 5 nitrogen and oxygen atoms in total. The van der Waals surface area contributed by atoms with Gasteiger partial charge in [0.05, 0.1) is 34.4 Å². The molecule has 160 valence electrons. The summed E-state index contributed by atoms with van der Waals surface area (Å²) in [6.45, 7) is 0. The zero-order valence-corrected chi connectivity index (χ0v) is 18.5. The van der Waals surface area contributed by atoms with E-state index in [-0.39, 0.29) is 11.7 Å². The molecule has 0 fully saturated rings. The van der Waals surface area contributed by atoms with E-state index < -0.39 is 5.92 Å². The standard InChI is InChI=1S/C25H23ClO5/c1-28-17-9-15(10-18(11-17)29-2)22-23(14-5-7-16(26)8-6-14)25(27)20-12-19(30-3)13-21(31-4)24(20)22/h5-13,22-23H,1-4H3/t22-,23-/m1/s1. The van der Waals surface area contributed by atoms with E-state index in [2.05, 4.69) is 0 Å². The van der Waals surface area contributed by atoms with Gasteiger partial charge in [-0.25, -0.2) is 0 Å². The first-order valence-electron chi connectivity index (χ1n) is 9.79. The van der Waals surface area contributed by atoms with E-state index in [0.29, 0.717) is 33.6 Å². The Bertz CT molecular complexity index is 1100. The Labute approximate surface area is 186 Å². The molecule has 2 atom stereocenters. The Hall–Kier alpha value is -3.18. The Balaban J connectivity index is 1.99. The van der Waals surface area contributed by atoms with Crippen molar-refractivity contribution in [2.45, 2.75) is 11.8 Å². The minimum absolute atomic E-state index is 0.00121. The Morgan fingerprint density at radius 3 is 1.81 bits per heavy atom. The molecule has 0 heterocycles. The molecule has 6 heteroatoms. The first kappa shape index (κ1) is 21.1. The maximum absolute atomic E-state index is 13.7. The number of ether oxygens (including phenoxy) is 4. The van der Waals surface area contributed by atoms with Crippen molar-refractivity contribution in [3.63, 3.8) is 0 Å². The molecule has 1 aliphatic carbocycles. The number of Topliss-reactive ketones (excluding diaryl/α,β-unsaturated/α-hetero) is 1. The second-order valence-electron chi connectivity index (χ2n) is 7.31. The number of hydrogen-bond acceptors (Lipinski definition) is 5. The summed E-state index contributed by atoms with van der Waals surface area (Å²) in [4.78, 5) is 13.7. The van der Waals surface area contributed by atoms with Gasteiger partial charge in [-0.3, -0.25) is 4.79 Å². The highest BCUT2D eigenvalue weighted by Gasteiger charge is 2.44. The van der Waals surface area contributed by atoms with Crippen LogP contribution in [-0.2, 0) is 0 Å². The summed E-state index contributed by atoms with van der Waals surface area (Å²) in [7, 11) is 6.38. The highest BCUT2D eigenvalue weighted by molar-refractivity contribution is 6.30. The molecule has 4 rings (SSSR count). The lowest BCUT2D eigenvalue weighted by atomic mass is 9.81. The van der Waals surface area contributed by atoms with Gasteiger partial charge in [0.1, 0.15) is 23.0 Å². The summed E-state index contributed by atoms with van der Waals surface area (Å²) >= 11 is 6.11. The van der Waals surface area contributed by atoms with Crippen LogP contribution in [0.1, 0.15) is 38.9 Å². The van der Waals surface area contributed by atoms with Gasteiger partial charge in [-0.05, 0) is 41.5 Å². The highest BCUT2D eigenvalue weighted by Crippen LogP contribution is 2.53. The topological polar surface area (TPSA) is 54.0 Å². The van der Waals surface area contributed by atoms with Crippen LogP contribution in [0, 0.1) is 0 Å². The summed E-state index contributed by atoms with van der Waals surface area (Å²) < 4.78 is 22.1. The molecular formula is C25H23ClO5. The third-order valence-corrected chi connectivity index (χ3v) is 5.98. The van der Waals surface area contributed by atoms with Crippen molar-refractivity contribution in [2.75, 3.05) is 28.4 Å². The van der Waals surface area contributed by atoms with Gasteiger partial charge in [0.2, 0.25) is 0 Å². The number of rotatable bonds is 6. The van der Waals surface area contributed by atoms with Crippen molar-refractivity contribution in [1.82, 2.24) is 0 Å². The van der Waals surface area contributed by atoms with Gasteiger partial charge in [-0.15, -0.1) is 0 Å². The summed E-state index contributed by atoms with van der Waals surface area (Å²) in [6.07, 6.45) is 0. The molecule has 0 radical (unpaired) electrons. The fraction of sp³-hybridized carbons (Fsp3) is 0.240. The fourth-order valence-corrected chi connectivity index (χ4v) is 4.41. The number of carbonyl (C=O) groups is 1. The minimum atomic E-state index is -0.454. The molecule has 0 aliphatic heterocycles. The average molecular weight is 439 g/mol. The molecule has 1 aliphatic rings. The van der Waals surface area contributed by atoms with Crippen LogP contribution in [0.25, 0.3) is 0 Å². The van der Waals surface area contributed by atoms with E-state index in [1.54, 1.807) is 52.7 Å². The molecule has 31 heavy (non-hydrogen) atoms. The number of benzene rings is 3. The molecule has 0 spiro atoms. The van der Waals surface area contributed by atoms with Crippen molar-refractivity contribution in [1.29, 1.82) is 0 Å². The monoisotopic (exact) mass is 438 g/mol. The summed E-state index contributed by atoms with van der Waals surface area (Å²) in [6, 6.07) is 16.6. The molecule has 3 aromatic rings. The van der Waals surface area contributed by atoms with Gasteiger partial charge in [0.15, 0.2) is 5.78 Å². The number of fused-ring (bicyclic) bond motifs is 1. The third kappa shape index (κ3) is 3.70. The van der Waals surface area contributed by atoms with E-state index in [9.17, 15) is 4.79 Å². The highest BCUT2D eigenvalue weighted by atomic mass is 35.5. The number of methoxy groups -OCH3 is 4. The summed E-state index contributed by atoms with van der Waals surface area (Å²) in [5.41, 5.74) is 3.18. The van der Waals surface area contributed by atoms with Crippen LogP contribution in [0.4, 0.5) is 0 Å². The third-order valence-electron chi connectivity index (χ3n) is 5.73.